The van der Waals surface area contributed by atoms with Crippen molar-refractivity contribution in [1.29, 1.82) is 5.26 Å². The lowest BCUT2D eigenvalue weighted by molar-refractivity contribution is -0.123. The van der Waals surface area contributed by atoms with Gasteiger partial charge in [0.2, 0.25) is 5.91 Å². The SMILES string of the molecule is N#Cc1ccc(Cl)cc1NC(=O)C1CN(C(=O)c2ccc(F)c(F)c2)C1. The molecule has 5 nitrogen and oxygen atoms in total. The highest BCUT2D eigenvalue weighted by Gasteiger charge is 2.36. The van der Waals surface area contributed by atoms with Gasteiger partial charge in [-0.2, -0.15) is 5.26 Å². The van der Waals surface area contributed by atoms with Crippen LogP contribution in [0.3, 0.4) is 0 Å². The summed E-state index contributed by atoms with van der Waals surface area (Å²) in [7, 11) is 0. The maximum Gasteiger partial charge on any atom is 0.254 e. The third-order valence-corrected chi connectivity index (χ3v) is 4.30. The molecule has 2 amide bonds. The van der Waals surface area contributed by atoms with Gasteiger partial charge in [-0.3, -0.25) is 9.59 Å². The molecule has 2 aromatic rings. The molecule has 0 saturated carbocycles. The monoisotopic (exact) mass is 375 g/mol. The van der Waals surface area contributed by atoms with Crippen molar-refractivity contribution < 1.29 is 18.4 Å². The third kappa shape index (κ3) is 3.51. The van der Waals surface area contributed by atoms with E-state index in [1.54, 1.807) is 6.07 Å². The zero-order valence-electron chi connectivity index (χ0n) is 13.3. The smallest absolute Gasteiger partial charge is 0.254 e. The van der Waals surface area contributed by atoms with Crippen LogP contribution in [0.25, 0.3) is 0 Å². The Morgan fingerprint density at radius 3 is 2.54 bits per heavy atom. The number of hydrogen-bond acceptors (Lipinski definition) is 3. The Balaban J connectivity index is 1.62. The molecular weight excluding hydrogens is 364 g/mol. The molecule has 0 radical (unpaired) electrons. The Kier molecular flexibility index (Phi) is 4.87. The van der Waals surface area contributed by atoms with E-state index in [1.165, 1.54) is 23.1 Å². The number of nitrogens with zero attached hydrogens (tertiary/aromatic N) is 2. The van der Waals surface area contributed by atoms with Gasteiger partial charge < -0.3 is 10.2 Å². The Hall–Kier alpha value is -2.98. The summed E-state index contributed by atoms with van der Waals surface area (Å²) in [4.78, 5) is 25.8. The Bertz CT molecular complexity index is 937. The highest BCUT2D eigenvalue weighted by Crippen LogP contribution is 2.24. The first-order valence-corrected chi connectivity index (χ1v) is 8.01. The first-order chi connectivity index (χ1) is 12.4. The van der Waals surface area contributed by atoms with Gasteiger partial charge in [-0.1, -0.05) is 11.6 Å². The molecular formula is C18H12ClF2N3O2. The van der Waals surface area contributed by atoms with Crippen molar-refractivity contribution in [2.45, 2.75) is 0 Å². The predicted octanol–water partition coefficient (Wildman–Crippen LogP) is 3.20. The van der Waals surface area contributed by atoms with Gasteiger partial charge >= 0.3 is 0 Å². The molecule has 8 heteroatoms. The molecule has 3 rings (SSSR count). The van der Waals surface area contributed by atoms with Crippen LogP contribution in [0.15, 0.2) is 36.4 Å². The van der Waals surface area contributed by atoms with Gasteiger partial charge in [0.25, 0.3) is 5.91 Å². The maximum absolute atomic E-state index is 13.2. The minimum Gasteiger partial charge on any atom is -0.337 e. The lowest BCUT2D eigenvalue weighted by Crippen LogP contribution is -2.54. The number of nitrogens with one attached hydrogen (secondary N) is 1. The molecule has 1 heterocycles. The molecule has 0 atom stereocenters. The zero-order valence-corrected chi connectivity index (χ0v) is 14.1. The van der Waals surface area contributed by atoms with Crippen molar-refractivity contribution in [1.82, 2.24) is 4.90 Å². The van der Waals surface area contributed by atoms with Crippen molar-refractivity contribution in [3.05, 3.63) is 64.2 Å². The van der Waals surface area contributed by atoms with E-state index in [9.17, 15) is 18.4 Å². The molecule has 26 heavy (non-hydrogen) atoms. The molecule has 1 N–H and O–H groups in total. The average molecular weight is 376 g/mol. The molecule has 1 aliphatic heterocycles. The second-order valence-corrected chi connectivity index (χ2v) is 6.26. The Morgan fingerprint density at radius 1 is 1.15 bits per heavy atom. The number of nitriles is 1. The molecule has 1 fully saturated rings. The van der Waals surface area contributed by atoms with E-state index in [0.29, 0.717) is 10.7 Å². The summed E-state index contributed by atoms with van der Waals surface area (Å²) < 4.78 is 26.2. The Labute approximate surface area is 152 Å². The topological polar surface area (TPSA) is 73.2 Å². The van der Waals surface area contributed by atoms with E-state index in [-0.39, 0.29) is 30.1 Å². The number of carbonyl (C=O) groups is 2. The van der Waals surface area contributed by atoms with Crippen LogP contribution in [0.4, 0.5) is 14.5 Å². The van der Waals surface area contributed by atoms with Crippen molar-refractivity contribution in [3.8, 4) is 6.07 Å². The number of hydrogen-bond donors (Lipinski definition) is 1. The summed E-state index contributed by atoms with van der Waals surface area (Å²) in [5, 5.41) is 12.1. The van der Waals surface area contributed by atoms with Crippen LogP contribution in [-0.2, 0) is 4.79 Å². The zero-order chi connectivity index (χ0) is 18.8. The van der Waals surface area contributed by atoms with E-state index in [1.807, 2.05) is 6.07 Å². The van der Waals surface area contributed by atoms with Gasteiger partial charge in [0.15, 0.2) is 11.6 Å². The van der Waals surface area contributed by atoms with E-state index in [4.69, 9.17) is 16.9 Å². The first-order valence-electron chi connectivity index (χ1n) is 7.64. The lowest BCUT2D eigenvalue weighted by atomic mass is 9.97. The summed E-state index contributed by atoms with van der Waals surface area (Å²) in [6.45, 7) is 0.290. The molecule has 1 aliphatic rings. The fraction of sp³-hybridized carbons (Fsp3) is 0.167. The lowest BCUT2D eigenvalue weighted by Gasteiger charge is -2.38. The molecule has 0 unspecified atom stereocenters. The number of amides is 2. The molecule has 1 saturated heterocycles. The van der Waals surface area contributed by atoms with Crippen molar-refractivity contribution in [2.75, 3.05) is 18.4 Å². The van der Waals surface area contributed by atoms with Crippen LogP contribution < -0.4 is 5.32 Å². The summed E-state index contributed by atoms with van der Waals surface area (Å²) in [6.07, 6.45) is 0. The molecule has 0 bridgehead atoms. The highest BCUT2D eigenvalue weighted by molar-refractivity contribution is 6.31. The number of anilines is 1. The van der Waals surface area contributed by atoms with Crippen molar-refractivity contribution >= 4 is 29.1 Å². The minimum atomic E-state index is -1.10. The van der Waals surface area contributed by atoms with Crippen LogP contribution in [0.2, 0.25) is 5.02 Å². The second-order valence-electron chi connectivity index (χ2n) is 5.83. The minimum absolute atomic E-state index is 0.0179. The van der Waals surface area contributed by atoms with Crippen LogP contribution in [0.1, 0.15) is 15.9 Å². The van der Waals surface area contributed by atoms with Crippen molar-refractivity contribution in [2.24, 2.45) is 5.92 Å². The molecule has 132 valence electrons. The highest BCUT2D eigenvalue weighted by atomic mass is 35.5. The average Bonchev–Trinajstić information content (AvgIpc) is 2.56. The van der Waals surface area contributed by atoms with Gasteiger partial charge in [-0.25, -0.2) is 8.78 Å². The van der Waals surface area contributed by atoms with Crippen LogP contribution in [-0.4, -0.2) is 29.8 Å². The summed E-state index contributed by atoms with van der Waals surface area (Å²) in [5.74, 6) is -3.42. The standard InChI is InChI=1S/C18H12ClF2N3O2/c19-13-3-1-11(7-22)16(6-13)23-17(25)12-8-24(9-12)18(26)10-2-4-14(20)15(21)5-10/h1-6,12H,8-9H2,(H,23,25). The number of benzene rings is 2. The van der Waals surface area contributed by atoms with E-state index in [0.717, 1.165) is 12.1 Å². The van der Waals surface area contributed by atoms with Gasteiger partial charge in [0, 0.05) is 23.7 Å². The van der Waals surface area contributed by atoms with Gasteiger partial charge in [0.1, 0.15) is 6.07 Å². The summed E-state index contributed by atoms with van der Waals surface area (Å²) >= 11 is 5.87. The molecule has 2 aromatic carbocycles. The largest absolute Gasteiger partial charge is 0.337 e. The van der Waals surface area contributed by atoms with Crippen LogP contribution >= 0.6 is 11.6 Å². The van der Waals surface area contributed by atoms with Gasteiger partial charge in [-0.05, 0) is 36.4 Å². The fourth-order valence-electron chi connectivity index (χ4n) is 2.57. The predicted molar refractivity (Wildman–Crippen MR) is 90.5 cm³/mol. The normalized spacial score (nSPS) is 13.7. The molecule has 0 aromatic heterocycles. The van der Waals surface area contributed by atoms with E-state index < -0.39 is 23.5 Å². The van der Waals surface area contributed by atoms with E-state index >= 15 is 0 Å². The summed E-state index contributed by atoms with van der Waals surface area (Å²) in [5.41, 5.74) is 0.594. The number of rotatable bonds is 3. The van der Waals surface area contributed by atoms with Crippen molar-refractivity contribution in [3.63, 3.8) is 0 Å². The maximum atomic E-state index is 13.2. The van der Waals surface area contributed by atoms with Crippen LogP contribution in [0.5, 0.6) is 0 Å². The summed E-state index contributed by atoms with van der Waals surface area (Å²) in [6, 6.07) is 9.38. The third-order valence-electron chi connectivity index (χ3n) is 4.07. The quantitative estimate of drug-likeness (QED) is 0.895. The first kappa shape index (κ1) is 17.8. The number of likely N-dealkylation sites (tertiary alicyclic amines) is 1. The number of carbonyl (C=O) groups excluding carboxylic acids is 2. The molecule has 0 aliphatic carbocycles. The number of halogens is 3. The fourth-order valence-corrected chi connectivity index (χ4v) is 2.75. The van der Waals surface area contributed by atoms with Gasteiger partial charge in [0.05, 0.1) is 17.2 Å². The second kappa shape index (κ2) is 7.10. The van der Waals surface area contributed by atoms with Gasteiger partial charge in [-0.15, -0.1) is 0 Å². The Morgan fingerprint density at radius 2 is 1.88 bits per heavy atom. The van der Waals surface area contributed by atoms with E-state index in [2.05, 4.69) is 5.32 Å². The van der Waals surface area contributed by atoms with Crippen LogP contribution in [0, 0.1) is 28.9 Å². The molecule has 0 spiro atoms.